The third-order valence-corrected chi connectivity index (χ3v) is 6.94. The average molecular weight is 437 g/mol. The van der Waals surface area contributed by atoms with E-state index in [1.54, 1.807) is 34.9 Å². The Balaban J connectivity index is 1.62. The van der Waals surface area contributed by atoms with E-state index in [0.29, 0.717) is 38.1 Å². The summed E-state index contributed by atoms with van der Waals surface area (Å²) < 4.78 is 1.64. The number of carbonyl (C=O) groups is 1. The van der Waals surface area contributed by atoms with Crippen LogP contribution in [0.4, 0.5) is 5.13 Å². The Hall–Kier alpha value is -1.63. The highest BCUT2D eigenvalue weighted by atomic mass is 35.5. The number of carbonyl (C=O) groups excluding carboxylic acids is 1. The Morgan fingerprint density at radius 2 is 2.07 bits per heavy atom. The molecule has 3 aromatic heterocycles. The molecule has 5 nitrogen and oxygen atoms in total. The topological polar surface area (TPSA) is 59.3 Å². The molecule has 4 rings (SSSR count). The van der Waals surface area contributed by atoms with Crippen molar-refractivity contribution in [2.24, 2.45) is 11.3 Å². The smallest absolute Gasteiger partial charge is 0.276 e. The average Bonchev–Trinajstić information content (AvgIpc) is 3.13. The quantitative estimate of drug-likeness (QED) is 0.551. The van der Waals surface area contributed by atoms with Crippen molar-refractivity contribution in [2.45, 2.75) is 47.0 Å². The minimum Gasteiger partial charge on any atom is -0.296 e. The monoisotopic (exact) mass is 436 g/mol. The van der Waals surface area contributed by atoms with Crippen LogP contribution in [0.15, 0.2) is 12.3 Å². The number of anilines is 1. The van der Waals surface area contributed by atoms with Crippen molar-refractivity contribution in [1.29, 1.82) is 0 Å². The second-order valence-corrected chi connectivity index (χ2v) is 10.3. The molecule has 0 spiro atoms. The van der Waals surface area contributed by atoms with E-state index in [-0.39, 0.29) is 11.3 Å². The Morgan fingerprint density at radius 3 is 2.79 bits per heavy atom. The first-order chi connectivity index (χ1) is 13.1. The summed E-state index contributed by atoms with van der Waals surface area (Å²) in [7, 11) is 0. The van der Waals surface area contributed by atoms with Gasteiger partial charge < -0.3 is 0 Å². The van der Waals surface area contributed by atoms with Gasteiger partial charge in [0.05, 0.1) is 21.4 Å². The van der Waals surface area contributed by atoms with Gasteiger partial charge in [-0.15, -0.1) is 11.3 Å². The molecule has 1 aliphatic carbocycles. The number of pyridine rings is 1. The molecule has 0 saturated carbocycles. The first kappa shape index (κ1) is 19.7. The number of rotatable bonds is 2. The van der Waals surface area contributed by atoms with E-state index in [9.17, 15) is 4.79 Å². The van der Waals surface area contributed by atoms with Crippen LogP contribution in [-0.2, 0) is 12.8 Å². The maximum atomic E-state index is 13.0. The number of aromatic nitrogens is 3. The molecule has 1 unspecified atom stereocenters. The van der Waals surface area contributed by atoms with Crippen LogP contribution in [0.1, 0.15) is 53.9 Å². The number of amides is 1. The van der Waals surface area contributed by atoms with Crippen LogP contribution in [0.3, 0.4) is 0 Å². The maximum Gasteiger partial charge on any atom is 0.276 e. The third kappa shape index (κ3) is 3.53. The van der Waals surface area contributed by atoms with Crippen LogP contribution in [0.25, 0.3) is 5.65 Å². The third-order valence-electron chi connectivity index (χ3n) is 5.42. The lowest BCUT2D eigenvalue weighted by molar-refractivity contribution is 0.102. The predicted octanol–water partition coefficient (Wildman–Crippen LogP) is 5.81. The van der Waals surface area contributed by atoms with Gasteiger partial charge in [0.25, 0.3) is 5.91 Å². The SMILES string of the molecule is Cc1nc2c(Cl)cc(Cl)cn2c1C(=O)Nc1nc2c(s1)CC(C(C)(C)C)CC2. The zero-order valence-corrected chi connectivity index (χ0v) is 18.6. The van der Waals surface area contributed by atoms with Crippen LogP contribution in [0.2, 0.25) is 10.0 Å². The van der Waals surface area contributed by atoms with Crippen molar-refractivity contribution < 1.29 is 4.79 Å². The number of nitrogens with one attached hydrogen (secondary N) is 1. The molecule has 1 aliphatic rings. The molecule has 0 radical (unpaired) electrons. The number of halogens is 2. The zero-order valence-electron chi connectivity index (χ0n) is 16.3. The lowest BCUT2D eigenvalue weighted by Gasteiger charge is -2.33. The van der Waals surface area contributed by atoms with Crippen molar-refractivity contribution in [2.75, 3.05) is 5.32 Å². The van der Waals surface area contributed by atoms with Crippen molar-refractivity contribution in [3.05, 3.63) is 44.3 Å². The second-order valence-electron chi connectivity index (χ2n) is 8.39. The van der Waals surface area contributed by atoms with Gasteiger partial charge in [0.15, 0.2) is 10.8 Å². The number of hydrogen-bond donors (Lipinski definition) is 1. The number of thiazole rings is 1. The highest BCUT2D eigenvalue weighted by Crippen LogP contribution is 2.40. The van der Waals surface area contributed by atoms with Crippen LogP contribution in [-0.4, -0.2) is 20.3 Å². The maximum absolute atomic E-state index is 13.0. The van der Waals surface area contributed by atoms with Gasteiger partial charge in [0, 0.05) is 11.1 Å². The molecule has 148 valence electrons. The fourth-order valence-corrected chi connectivity index (χ4v) is 5.38. The van der Waals surface area contributed by atoms with E-state index in [1.807, 2.05) is 0 Å². The number of aryl methyl sites for hydroxylation is 2. The second kappa shape index (κ2) is 7.01. The first-order valence-electron chi connectivity index (χ1n) is 9.27. The van der Waals surface area contributed by atoms with Crippen molar-refractivity contribution in [3.8, 4) is 0 Å². The molecule has 1 N–H and O–H groups in total. The van der Waals surface area contributed by atoms with E-state index in [4.69, 9.17) is 23.2 Å². The van der Waals surface area contributed by atoms with E-state index >= 15 is 0 Å². The van der Waals surface area contributed by atoms with Gasteiger partial charge in [0.1, 0.15) is 5.69 Å². The molecule has 0 aliphatic heterocycles. The summed E-state index contributed by atoms with van der Waals surface area (Å²) in [6.07, 6.45) is 4.77. The highest BCUT2D eigenvalue weighted by molar-refractivity contribution is 7.15. The molecule has 0 aromatic carbocycles. The molecule has 1 atom stereocenters. The number of nitrogens with zero attached hydrogens (tertiary/aromatic N) is 3. The van der Waals surface area contributed by atoms with Gasteiger partial charge in [-0.3, -0.25) is 14.5 Å². The molecule has 28 heavy (non-hydrogen) atoms. The summed E-state index contributed by atoms with van der Waals surface area (Å²) in [5.74, 6) is 0.371. The summed E-state index contributed by atoms with van der Waals surface area (Å²) in [6, 6.07) is 1.62. The van der Waals surface area contributed by atoms with Crippen LogP contribution in [0.5, 0.6) is 0 Å². The number of hydrogen-bond acceptors (Lipinski definition) is 4. The molecular weight excluding hydrogens is 415 g/mol. The predicted molar refractivity (Wildman–Crippen MR) is 115 cm³/mol. The molecule has 0 saturated heterocycles. The van der Waals surface area contributed by atoms with Crippen molar-refractivity contribution >= 4 is 51.2 Å². The van der Waals surface area contributed by atoms with E-state index < -0.39 is 0 Å². The molecule has 3 heterocycles. The normalized spacial score (nSPS) is 17.0. The molecule has 0 bridgehead atoms. The van der Waals surface area contributed by atoms with Crippen molar-refractivity contribution in [3.63, 3.8) is 0 Å². The summed E-state index contributed by atoms with van der Waals surface area (Å²) in [6.45, 7) is 8.65. The lowest BCUT2D eigenvalue weighted by Crippen LogP contribution is -2.26. The van der Waals surface area contributed by atoms with E-state index in [1.165, 1.54) is 4.88 Å². The molecule has 1 amide bonds. The Labute approximate surface area is 178 Å². The molecule has 0 fully saturated rings. The summed E-state index contributed by atoms with van der Waals surface area (Å²) in [4.78, 5) is 23.3. The van der Waals surface area contributed by atoms with Gasteiger partial charge >= 0.3 is 0 Å². The summed E-state index contributed by atoms with van der Waals surface area (Å²) in [5, 5.41) is 4.44. The van der Waals surface area contributed by atoms with Crippen LogP contribution >= 0.6 is 34.5 Å². The van der Waals surface area contributed by atoms with Gasteiger partial charge in [-0.2, -0.15) is 0 Å². The van der Waals surface area contributed by atoms with Crippen LogP contribution in [0, 0.1) is 18.3 Å². The molecule has 3 aromatic rings. The fraction of sp³-hybridized carbons (Fsp3) is 0.450. The summed E-state index contributed by atoms with van der Waals surface area (Å²) >= 11 is 13.9. The fourth-order valence-electron chi connectivity index (χ4n) is 3.78. The highest BCUT2D eigenvalue weighted by Gasteiger charge is 2.31. The lowest BCUT2D eigenvalue weighted by atomic mass is 9.73. The molecular formula is C20H22Cl2N4OS. The van der Waals surface area contributed by atoms with Crippen LogP contribution < -0.4 is 5.32 Å². The number of imidazole rings is 1. The largest absolute Gasteiger partial charge is 0.296 e. The van der Waals surface area contributed by atoms with Gasteiger partial charge in [0.2, 0.25) is 0 Å². The van der Waals surface area contributed by atoms with Gasteiger partial charge in [-0.1, -0.05) is 44.0 Å². The van der Waals surface area contributed by atoms with Crippen molar-refractivity contribution in [1.82, 2.24) is 14.4 Å². The number of fused-ring (bicyclic) bond motifs is 2. The minimum absolute atomic E-state index is 0.262. The first-order valence-corrected chi connectivity index (χ1v) is 10.8. The zero-order chi connectivity index (χ0) is 20.2. The standard InChI is InChI=1S/C20H22Cl2N4OS/c1-10-16(26-9-12(21)8-13(22)17(26)23-10)18(27)25-19-24-14-6-5-11(20(2,3)4)7-15(14)28-19/h8-9,11H,5-7H2,1-4H3,(H,24,25,27). The summed E-state index contributed by atoms with van der Waals surface area (Å²) in [5.41, 5.74) is 2.91. The van der Waals surface area contributed by atoms with E-state index in [2.05, 4.69) is 36.1 Å². The van der Waals surface area contributed by atoms with Gasteiger partial charge in [-0.05, 0) is 43.6 Å². The van der Waals surface area contributed by atoms with E-state index in [0.717, 1.165) is 25.0 Å². The Kier molecular flexibility index (Phi) is 4.92. The Bertz CT molecular complexity index is 1080. The Morgan fingerprint density at radius 1 is 1.32 bits per heavy atom. The minimum atomic E-state index is -0.262. The van der Waals surface area contributed by atoms with Gasteiger partial charge in [-0.25, -0.2) is 9.97 Å². The molecule has 8 heteroatoms.